The summed E-state index contributed by atoms with van der Waals surface area (Å²) in [7, 11) is 3.21. The van der Waals surface area contributed by atoms with Gasteiger partial charge in [0.15, 0.2) is 11.5 Å². The molecule has 1 aromatic heterocycles. The molecular formula is C19H21N3O3. The highest BCUT2D eigenvalue weighted by Gasteiger charge is 2.20. The Balaban J connectivity index is 1.91. The molecule has 0 unspecified atom stereocenters. The smallest absolute Gasteiger partial charge is 0.242 e. The molecule has 0 fully saturated rings. The van der Waals surface area contributed by atoms with E-state index in [0.29, 0.717) is 24.5 Å². The molecule has 0 atom stereocenters. The van der Waals surface area contributed by atoms with E-state index < -0.39 is 0 Å². The number of hydrazone groups is 1. The number of hydrogen-bond acceptors (Lipinski definition) is 5. The van der Waals surface area contributed by atoms with Crippen LogP contribution in [0, 0.1) is 0 Å². The molecular weight excluding hydrogens is 318 g/mol. The summed E-state index contributed by atoms with van der Waals surface area (Å²) in [5, 5.41) is 6.19. The van der Waals surface area contributed by atoms with Gasteiger partial charge in [-0.1, -0.05) is 0 Å². The van der Waals surface area contributed by atoms with Crippen LogP contribution in [0.3, 0.4) is 0 Å². The minimum Gasteiger partial charge on any atom is -0.493 e. The quantitative estimate of drug-likeness (QED) is 0.840. The summed E-state index contributed by atoms with van der Waals surface area (Å²) in [5.74, 6) is 1.36. The van der Waals surface area contributed by atoms with Gasteiger partial charge in [0, 0.05) is 24.4 Å². The third-order valence-corrected chi connectivity index (χ3v) is 4.13. The van der Waals surface area contributed by atoms with Gasteiger partial charge in [-0.2, -0.15) is 5.10 Å². The monoisotopic (exact) mass is 339 g/mol. The Morgan fingerprint density at radius 1 is 1.04 bits per heavy atom. The van der Waals surface area contributed by atoms with Gasteiger partial charge in [0.25, 0.3) is 0 Å². The molecule has 0 radical (unpaired) electrons. The van der Waals surface area contributed by atoms with E-state index in [1.807, 2.05) is 30.3 Å². The molecule has 6 nitrogen and oxygen atoms in total. The lowest BCUT2D eigenvalue weighted by atomic mass is 10.0. The van der Waals surface area contributed by atoms with Gasteiger partial charge in [-0.15, -0.1) is 0 Å². The van der Waals surface area contributed by atoms with Crippen molar-refractivity contribution >= 4 is 11.6 Å². The summed E-state index contributed by atoms with van der Waals surface area (Å²) in [6, 6.07) is 9.49. The van der Waals surface area contributed by atoms with E-state index >= 15 is 0 Å². The number of methoxy groups -OCH3 is 2. The molecule has 1 aliphatic heterocycles. The van der Waals surface area contributed by atoms with Gasteiger partial charge in [-0.25, -0.2) is 5.01 Å². The molecule has 25 heavy (non-hydrogen) atoms. The first kappa shape index (κ1) is 17.0. The van der Waals surface area contributed by atoms with E-state index in [1.54, 1.807) is 31.6 Å². The number of benzene rings is 1. The Bertz CT molecular complexity index is 775. The van der Waals surface area contributed by atoms with Crippen LogP contribution >= 0.6 is 0 Å². The van der Waals surface area contributed by atoms with Crippen molar-refractivity contribution < 1.29 is 14.3 Å². The molecule has 1 aliphatic rings. The lowest BCUT2D eigenvalue weighted by molar-refractivity contribution is -0.131. The first-order valence-corrected chi connectivity index (χ1v) is 8.20. The summed E-state index contributed by atoms with van der Waals surface area (Å²) in [6.45, 7) is 0.443. The highest BCUT2D eigenvalue weighted by Crippen LogP contribution is 2.29. The van der Waals surface area contributed by atoms with Gasteiger partial charge in [-0.05, 0) is 48.7 Å². The van der Waals surface area contributed by atoms with Crippen molar-refractivity contribution in [3.05, 3.63) is 53.9 Å². The van der Waals surface area contributed by atoms with E-state index in [9.17, 15) is 4.79 Å². The Labute approximate surface area is 147 Å². The van der Waals surface area contributed by atoms with Gasteiger partial charge >= 0.3 is 0 Å². The largest absolute Gasteiger partial charge is 0.493 e. The van der Waals surface area contributed by atoms with Crippen LogP contribution in [-0.4, -0.2) is 35.8 Å². The molecule has 130 valence electrons. The van der Waals surface area contributed by atoms with Crippen molar-refractivity contribution in [2.75, 3.05) is 14.2 Å². The van der Waals surface area contributed by atoms with Crippen molar-refractivity contribution in [2.24, 2.45) is 5.10 Å². The van der Waals surface area contributed by atoms with E-state index in [-0.39, 0.29) is 5.91 Å². The fourth-order valence-corrected chi connectivity index (χ4v) is 2.79. The van der Waals surface area contributed by atoms with Crippen molar-refractivity contribution in [1.82, 2.24) is 9.99 Å². The second kappa shape index (κ2) is 7.79. The first-order chi connectivity index (χ1) is 12.2. The summed E-state index contributed by atoms with van der Waals surface area (Å²) < 4.78 is 10.7. The van der Waals surface area contributed by atoms with Crippen LogP contribution in [0.1, 0.15) is 30.4 Å². The molecule has 6 heteroatoms. The van der Waals surface area contributed by atoms with Crippen molar-refractivity contribution in [3.8, 4) is 11.5 Å². The van der Waals surface area contributed by atoms with Gasteiger partial charge < -0.3 is 9.47 Å². The van der Waals surface area contributed by atoms with Crippen molar-refractivity contribution in [2.45, 2.75) is 25.8 Å². The maximum absolute atomic E-state index is 12.4. The van der Waals surface area contributed by atoms with Gasteiger partial charge in [-0.3, -0.25) is 9.78 Å². The Kier molecular flexibility index (Phi) is 5.28. The number of nitrogens with zero attached hydrogens (tertiary/aromatic N) is 3. The number of hydrogen-bond donors (Lipinski definition) is 0. The fourth-order valence-electron chi connectivity index (χ4n) is 2.79. The zero-order valence-electron chi connectivity index (χ0n) is 14.4. The highest BCUT2D eigenvalue weighted by molar-refractivity contribution is 6.02. The highest BCUT2D eigenvalue weighted by atomic mass is 16.5. The Morgan fingerprint density at radius 3 is 2.52 bits per heavy atom. The molecule has 1 aromatic carbocycles. The third kappa shape index (κ3) is 3.96. The molecule has 0 saturated carbocycles. The zero-order chi connectivity index (χ0) is 17.6. The molecule has 1 amide bonds. The van der Waals surface area contributed by atoms with Crippen LogP contribution in [0.4, 0.5) is 0 Å². The Hall–Kier alpha value is -2.89. The van der Waals surface area contributed by atoms with Crippen LogP contribution in [-0.2, 0) is 11.3 Å². The number of carbonyl (C=O) groups excluding carboxylic acids is 1. The van der Waals surface area contributed by atoms with Gasteiger partial charge in [0.1, 0.15) is 0 Å². The van der Waals surface area contributed by atoms with Crippen molar-refractivity contribution in [1.29, 1.82) is 0 Å². The minimum absolute atomic E-state index is 0.0345. The Morgan fingerprint density at radius 2 is 1.80 bits per heavy atom. The zero-order valence-corrected chi connectivity index (χ0v) is 14.4. The molecule has 0 bridgehead atoms. The summed E-state index contributed by atoms with van der Waals surface area (Å²) in [6.07, 6.45) is 5.45. The average molecular weight is 339 g/mol. The van der Waals surface area contributed by atoms with Crippen LogP contribution in [0.15, 0.2) is 47.8 Å². The molecule has 0 aliphatic carbocycles. The number of ether oxygens (including phenoxy) is 2. The van der Waals surface area contributed by atoms with Gasteiger partial charge in [0.2, 0.25) is 5.91 Å². The maximum atomic E-state index is 12.4. The van der Waals surface area contributed by atoms with Gasteiger partial charge in [0.05, 0.1) is 26.5 Å². The normalized spacial score (nSPS) is 14.7. The average Bonchev–Trinajstić information content (AvgIpc) is 2.84. The molecule has 0 spiro atoms. The van der Waals surface area contributed by atoms with E-state index in [2.05, 4.69) is 10.1 Å². The van der Waals surface area contributed by atoms with E-state index in [1.165, 1.54) is 0 Å². The number of amides is 1. The third-order valence-electron chi connectivity index (χ3n) is 4.13. The second-order valence-corrected chi connectivity index (χ2v) is 5.78. The van der Waals surface area contributed by atoms with Crippen LogP contribution in [0.5, 0.6) is 11.5 Å². The number of rotatable bonds is 5. The molecule has 3 rings (SSSR count). The SMILES string of the molecule is COc1ccc(C2=NN(Cc3ccncc3)C(=O)CCC2)cc1OC. The lowest BCUT2D eigenvalue weighted by Crippen LogP contribution is -2.24. The van der Waals surface area contributed by atoms with E-state index in [4.69, 9.17) is 9.47 Å². The molecule has 0 N–H and O–H groups in total. The predicted molar refractivity (Wildman–Crippen MR) is 94.7 cm³/mol. The van der Waals surface area contributed by atoms with Crippen LogP contribution in [0.2, 0.25) is 0 Å². The molecule has 2 aromatic rings. The summed E-state index contributed by atoms with van der Waals surface area (Å²) in [4.78, 5) is 16.4. The standard InChI is InChI=1S/C19H21N3O3/c1-24-17-7-6-15(12-18(17)25-2)16-4-3-5-19(23)22(21-16)13-14-8-10-20-11-9-14/h6-12H,3-5,13H2,1-2H3. The topological polar surface area (TPSA) is 64.0 Å². The van der Waals surface area contributed by atoms with E-state index in [0.717, 1.165) is 29.7 Å². The van der Waals surface area contributed by atoms with Crippen molar-refractivity contribution in [3.63, 3.8) is 0 Å². The fraction of sp³-hybridized carbons (Fsp3) is 0.316. The lowest BCUT2D eigenvalue weighted by Gasteiger charge is -2.17. The number of carbonyl (C=O) groups is 1. The number of aromatic nitrogens is 1. The summed E-state index contributed by atoms with van der Waals surface area (Å²) in [5.41, 5.74) is 2.81. The van der Waals surface area contributed by atoms with Crippen LogP contribution < -0.4 is 9.47 Å². The predicted octanol–water partition coefficient (Wildman–Crippen LogP) is 3.02. The summed E-state index contributed by atoms with van der Waals surface area (Å²) >= 11 is 0. The molecule has 0 saturated heterocycles. The van der Waals surface area contributed by atoms with Crippen LogP contribution in [0.25, 0.3) is 0 Å². The first-order valence-electron chi connectivity index (χ1n) is 8.20. The number of pyridine rings is 1. The minimum atomic E-state index is 0.0345. The second-order valence-electron chi connectivity index (χ2n) is 5.78. The maximum Gasteiger partial charge on any atom is 0.242 e. The molecule has 2 heterocycles.